The van der Waals surface area contributed by atoms with Gasteiger partial charge in [0.2, 0.25) is 0 Å². The van der Waals surface area contributed by atoms with Crippen LogP contribution in [-0.4, -0.2) is 25.4 Å². The Kier molecular flexibility index (Phi) is 7.05. The molecule has 0 saturated carbocycles. The van der Waals surface area contributed by atoms with Gasteiger partial charge in [-0.15, -0.1) is 0 Å². The van der Waals surface area contributed by atoms with Gasteiger partial charge in [0.1, 0.15) is 0 Å². The van der Waals surface area contributed by atoms with Gasteiger partial charge in [0.25, 0.3) is 0 Å². The van der Waals surface area contributed by atoms with Crippen molar-refractivity contribution in [3.05, 3.63) is 29.6 Å². The molecule has 0 aliphatic heterocycles. The van der Waals surface area contributed by atoms with Crippen LogP contribution in [0.3, 0.4) is 0 Å². The molecule has 0 radical (unpaired) electrons. The largest absolute Gasteiger partial charge is 0.491 e. The second kappa shape index (κ2) is 8.37. The van der Waals surface area contributed by atoms with E-state index in [0.717, 1.165) is 37.2 Å². The molecule has 2 nitrogen and oxygen atoms in total. The fourth-order valence-corrected chi connectivity index (χ4v) is 1.69. The van der Waals surface area contributed by atoms with Crippen molar-refractivity contribution in [1.82, 2.24) is 5.32 Å². The molecular weight excluding hydrogens is 237 g/mol. The van der Waals surface area contributed by atoms with E-state index in [1.165, 1.54) is 0 Å². The molecule has 0 aromatic heterocycles. The third kappa shape index (κ3) is 5.41. The second-order valence-electron chi connectivity index (χ2n) is 3.77. The molecule has 0 spiro atoms. The number of hydrogen-bond donors (Lipinski definition) is 2. The molecular formula is C13H20FNOS. The zero-order chi connectivity index (χ0) is 12.5. The van der Waals surface area contributed by atoms with Crippen molar-refractivity contribution >= 4 is 12.6 Å². The Morgan fingerprint density at radius 2 is 2.18 bits per heavy atom. The van der Waals surface area contributed by atoms with Crippen LogP contribution in [-0.2, 0) is 6.42 Å². The number of ether oxygens (including phenoxy) is 1. The molecule has 17 heavy (non-hydrogen) atoms. The van der Waals surface area contributed by atoms with Crippen LogP contribution in [0.1, 0.15) is 18.9 Å². The Balaban J connectivity index is 2.36. The maximum Gasteiger partial charge on any atom is 0.165 e. The van der Waals surface area contributed by atoms with E-state index >= 15 is 0 Å². The smallest absolute Gasteiger partial charge is 0.165 e. The van der Waals surface area contributed by atoms with E-state index < -0.39 is 0 Å². The number of halogens is 1. The molecule has 1 aromatic rings. The van der Waals surface area contributed by atoms with Crippen molar-refractivity contribution in [2.75, 3.05) is 25.4 Å². The Labute approximate surface area is 108 Å². The summed E-state index contributed by atoms with van der Waals surface area (Å²) in [5.41, 5.74) is 0.990. The van der Waals surface area contributed by atoms with Crippen molar-refractivity contribution in [3.8, 4) is 5.75 Å². The van der Waals surface area contributed by atoms with Gasteiger partial charge in [0, 0.05) is 0 Å². The van der Waals surface area contributed by atoms with E-state index in [2.05, 4.69) is 17.9 Å². The lowest BCUT2D eigenvalue weighted by Gasteiger charge is -2.07. The molecule has 0 fully saturated rings. The Morgan fingerprint density at radius 1 is 1.35 bits per heavy atom. The van der Waals surface area contributed by atoms with Crippen LogP contribution in [0.25, 0.3) is 0 Å². The van der Waals surface area contributed by atoms with Gasteiger partial charge in [-0.05, 0) is 56.3 Å². The summed E-state index contributed by atoms with van der Waals surface area (Å²) >= 11 is 4.13. The lowest BCUT2D eigenvalue weighted by Crippen LogP contribution is -2.18. The SMILES string of the molecule is CCOc1ccc(CCNCCCS)cc1F. The summed E-state index contributed by atoms with van der Waals surface area (Å²) in [5.74, 6) is 0.948. The molecule has 0 amide bonds. The van der Waals surface area contributed by atoms with Crippen LogP contribution < -0.4 is 10.1 Å². The number of thiol groups is 1. The first kappa shape index (κ1) is 14.3. The summed E-state index contributed by atoms with van der Waals surface area (Å²) in [6.45, 7) is 4.16. The van der Waals surface area contributed by atoms with E-state index in [1.54, 1.807) is 12.1 Å². The molecule has 1 aromatic carbocycles. The summed E-state index contributed by atoms with van der Waals surface area (Å²) in [7, 11) is 0. The average Bonchev–Trinajstić information content (AvgIpc) is 2.32. The maximum atomic E-state index is 13.5. The molecule has 0 unspecified atom stereocenters. The Hall–Kier alpha value is -0.740. The highest BCUT2D eigenvalue weighted by atomic mass is 32.1. The summed E-state index contributed by atoms with van der Waals surface area (Å²) in [5, 5.41) is 3.29. The summed E-state index contributed by atoms with van der Waals surface area (Å²) in [6, 6.07) is 5.15. The van der Waals surface area contributed by atoms with Gasteiger partial charge >= 0.3 is 0 Å². The third-order valence-corrected chi connectivity index (χ3v) is 2.71. The van der Waals surface area contributed by atoms with E-state index in [9.17, 15) is 4.39 Å². The molecule has 0 bridgehead atoms. The van der Waals surface area contributed by atoms with Crippen LogP contribution in [0.4, 0.5) is 4.39 Å². The number of hydrogen-bond acceptors (Lipinski definition) is 3. The van der Waals surface area contributed by atoms with E-state index in [-0.39, 0.29) is 5.82 Å². The zero-order valence-electron chi connectivity index (χ0n) is 10.2. The van der Waals surface area contributed by atoms with Crippen molar-refractivity contribution in [2.45, 2.75) is 19.8 Å². The lowest BCUT2D eigenvalue weighted by molar-refractivity contribution is 0.321. The van der Waals surface area contributed by atoms with Gasteiger partial charge in [-0.2, -0.15) is 12.6 Å². The molecule has 0 aliphatic rings. The number of rotatable bonds is 8. The number of benzene rings is 1. The highest BCUT2D eigenvalue weighted by Crippen LogP contribution is 2.18. The maximum absolute atomic E-state index is 13.5. The van der Waals surface area contributed by atoms with Gasteiger partial charge in [-0.3, -0.25) is 0 Å². The first-order chi connectivity index (χ1) is 8.27. The fourth-order valence-electron chi connectivity index (χ4n) is 1.53. The van der Waals surface area contributed by atoms with Crippen molar-refractivity contribution in [2.24, 2.45) is 0 Å². The van der Waals surface area contributed by atoms with Crippen molar-refractivity contribution in [3.63, 3.8) is 0 Å². The zero-order valence-corrected chi connectivity index (χ0v) is 11.1. The molecule has 1 N–H and O–H groups in total. The first-order valence-corrected chi connectivity index (χ1v) is 6.64. The molecule has 1 rings (SSSR count). The Bertz CT molecular complexity index is 333. The molecule has 4 heteroatoms. The highest BCUT2D eigenvalue weighted by molar-refractivity contribution is 7.80. The molecule has 96 valence electrons. The first-order valence-electron chi connectivity index (χ1n) is 6.00. The van der Waals surface area contributed by atoms with E-state index in [4.69, 9.17) is 4.74 Å². The molecule has 0 saturated heterocycles. The normalized spacial score (nSPS) is 10.5. The lowest BCUT2D eigenvalue weighted by atomic mass is 10.1. The average molecular weight is 257 g/mol. The van der Waals surface area contributed by atoms with Gasteiger partial charge in [0.15, 0.2) is 11.6 Å². The topological polar surface area (TPSA) is 21.3 Å². The van der Waals surface area contributed by atoms with Crippen molar-refractivity contribution in [1.29, 1.82) is 0 Å². The van der Waals surface area contributed by atoms with Gasteiger partial charge in [-0.25, -0.2) is 4.39 Å². The summed E-state index contributed by atoms with van der Waals surface area (Å²) in [6.07, 6.45) is 1.89. The van der Waals surface area contributed by atoms with Crippen LogP contribution >= 0.6 is 12.6 Å². The van der Waals surface area contributed by atoms with Gasteiger partial charge in [0.05, 0.1) is 6.61 Å². The van der Waals surface area contributed by atoms with E-state index in [0.29, 0.717) is 12.4 Å². The molecule has 0 atom stereocenters. The third-order valence-electron chi connectivity index (χ3n) is 2.40. The minimum atomic E-state index is -0.278. The summed E-state index contributed by atoms with van der Waals surface area (Å²) < 4.78 is 18.7. The number of nitrogens with one attached hydrogen (secondary N) is 1. The van der Waals surface area contributed by atoms with E-state index in [1.807, 2.05) is 13.0 Å². The van der Waals surface area contributed by atoms with Crippen LogP contribution in [0.5, 0.6) is 5.75 Å². The van der Waals surface area contributed by atoms with Crippen LogP contribution in [0, 0.1) is 5.82 Å². The predicted octanol–water partition coefficient (Wildman–Crippen LogP) is 2.68. The standard InChI is InChI=1S/C13H20FNOS/c1-2-16-13-5-4-11(10-12(13)14)6-8-15-7-3-9-17/h4-5,10,15,17H,2-3,6-9H2,1H3. The molecule has 0 heterocycles. The quantitative estimate of drug-likeness (QED) is 0.552. The second-order valence-corrected chi connectivity index (χ2v) is 4.22. The Morgan fingerprint density at radius 3 is 2.82 bits per heavy atom. The predicted molar refractivity (Wildman–Crippen MR) is 72.6 cm³/mol. The monoisotopic (exact) mass is 257 g/mol. The van der Waals surface area contributed by atoms with Crippen LogP contribution in [0.15, 0.2) is 18.2 Å². The molecule has 0 aliphatic carbocycles. The minimum absolute atomic E-state index is 0.278. The van der Waals surface area contributed by atoms with Gasteiger partial charge in [-0.1, -0.05) is 6.07 Å². The fraction of sp³-hybridized carbons (Fsp3) is 0.538. The summed E-state index contributed by atoms with van der Waals surface area (Å²) in [4.78, 5) is 0. The minimum Gasteiger partial charge on any atom is -0.491 e. The van der Waals surface area contributed by atoms with Crippen LogP contribution in [0.2, 0.25) is 0 Å². The highest BCUT2D eigenvalue weighted by Gasteiger charge is 2.03. The van der Waals surface area contributed by atoms with Gasteiger partial charge < -0.3 is 10.1 Å². The van der Waals surface area contributed by atoms with Crippen molar-refractivity contribution < 1.29 is 9.13 Å².